The summed E-state index contributed by atoms with van der Waals surface area (Å²) < 4.78 is 0. The summed E-state index contributed by atoms with van der Waals surface area (Å²) in [5.74, 6) is -1.07. The minimum absolute atomic E-state index is 0.110. The highest BCUT2D eigenvalue weighted by atomic mass is 16.4. The third kappa shape index (κ3) is 7.74. The maximum Gasteiger partial charge on any atom is 0.230 e. The predicted octanol–water partition coefficient (Wildman–Crippen LogP) is 0.309. The zero-order valence-corrected chi connectivity index (χ0v) is 14.0. The molecule has 0 aliphatic rings. The van der Waals surface area contributed by atoms with E-state index in [-0.39, 0.29) is 12.3 Å². The largest absolute Gasteiger partial charge is 0.544 e. The van der Waals surface area contributed by atoms with Crippen LogP contribution in [0.5, 0.6) is 0 Å². The molecule has 1 heterocycles. The first-order valence-electron chi connectivity index (χ1n) is 8.30. The van der Waals surface area contributed by atoms with Gasteiger partial charge in [0.15, 0.2) is 0 Å². The lowest BCUT2D eigenvalue weighted by molar-refractivity contribution is -0.687. The number of hydrogen-bond acceptors (Lipinski definition) is 4. The number of unbranched alkanes of at least 4 members (excludes halogenated alkanes) is 1. The number of hydrogen-bond donors (Lipinski definition) is 2. The van der Waals surface area contributed by atoms with Gasteiger partial charge in [-0.1, -0.05) is 26.7 Å². The molecule has 0 fully saturated rings. The lowest BCUT2D eigenvalue weighted by atomic mass is 9.99. The van der Waals surface area contributed by atoms with Crippen LogP contribution in [0.4, 0.5) is 5.69 Å². The number of carboxylic acids is 1. The number of nitrogens with two attached hydrogens (primary N) is 1. The van der Waals surface area contributed by atoms with E-state index in [4.69, 9.17) is 0 Å². The molecule has 0 unspecified atom stereocenters. The van der Waals surface area contributed by atoms with Gasteiger partial charge < -0.3 is 20.5 Å². The van der Waals surface area contributed by atoms with Crippen molar-refractivity contribution < 1.29 is 20.0 Å². The molecule has 6 heteroatoms. The van der Waals surface area contributed by atoms with Crippen LogP contribution in [0.1, 0.15) is 46.0 Å². The van der Waals surface area contributed by atoms with E-state index in [1.807, 2.05) is 0 Å². The Morgan fingerprint density at radius 1 is 1.39 bits per heavy atom. The van der Waals surface area contributed by atoms with Crippen LogP contribution in [0.15, 0.2) is 24.5 Å². The van der Waals surface area contributed by atoms with E-state index in [0.717, 1.165) is 25.7 Å². The average molecular weight is 321 g/mol. The fourth-order valence-electron chi connectivity index (χ4n) is 2.45. The molecule has 1 aromatic heterocycles. The summed E-state index contributed by atoms with van der Waals surface area (Å²) in [6, 6.07) is 2.56. The minimum atomic E-state index is -1.20. The summed E-state index contributed by atoms with van der Waals surface area (Å²) in [5.41, 5.74) is 0.559. The molecular formula is C17H27N3O3. The second-order valence-corrected chi connectivity index (χ2v) is 5.81. The van der Waals surface area contributed by atoms with Crippen molar-refractivity contribution >= 4 is 17.6 Å². The van der Waals surface area contributed by atoms with E-state index >= 15 is 0 Å². The number of anilines is 1. The molecule has 23 heavy (non-hydrogen) atoms. The molecular weight excluding hydrogens is 294 g/mol. The second kappa shape index (κ2) is 10.7. The molecule has 1 amide bonds. The molecule has 0 spiro atoms. The highest BCUT2D eigenvalue weighted by molar-refractivity contribution is 5.93. The van der Waals surface area contributed by atoms with Crippen LogP contribution in [-0.2, 0) is 9.59 Å². The van der Waals surface area contributed by atoms with E-state index < -0.39 is 12.0 Å². The van der Waals surface area contributed by atoms with Gasteiger partial charge in [0.2, 0.25) is 5.91 Å². The Labute approximate surface area is 137 Å². The number of nitrogens with one attached hydrogen (secondary N) is 1. The average Bonchev–Trinajstić information content (AvgIpc) is 2.54. The molecule has 1 rings (SSSR count). The van der Waals surface area contributed by atoms with Gasteiger partial charge in [0, 0.05) is 12.1 Å². The van der Waals surface area contributed by atoms with Crippen LogP contribution in [0.25, 0.3) is 0 Å². The molecule has 0 aliphatic carbocycles. The van der Waals surface area contributed by atoms with Gasteiger partial charge >= 0.3 is 0 Å². The van der Waals surface area contributed by atoms with E-state index in [2.05, 4.69) is 24.1 Å². The first kappa shape index (κ1) is 19.1. The number of quaternary nitrogens is 1. The fraction of sp³-hybridized carbons (Fsp3) is 0.588. The van der Waals surface area contributed by atoms with Gasteiger partial charge in [0.1, 0.15) is 6.04 Å². The summed E-state index contributed by atoms with van der Waals surface area (Å²) in [5, 5.41) is 15.6. The maximum atomic E-state index is 12.0. The van der Waals surface area contributed by atoms with Crippen molar-refractivity contribution in [2.24, 2.45) is 5.92 Å². The monoisotopic (exact) mass is 321 g/mol. The van der Waals surface area contributed by atoms with Crippen molar-refractivity contribution in [3.8, 4) is 0 Å². The zero-order valence-electron chi connectivity index (χ0n) is 14.0. The maximum absolute atomic E-state index is 12.0. The molecule has 0 aromatic carbocycles. The Balaban J connectivity index is 2.47. The van der Waals surface area contributed by atoms with Crippen molar-refractivity contribution in [1.82, 2.24) is 4.98 Å². The molecule has 0 radical (unpaired) electrons. The number of aliphatic carboxylic acids is 1. The summed E-state index contributed by atoms with van der Waals surface area (Å²) in [6.45, 7) is 4.95. The predicted molar refractivity (Wildman–Crippen MR) is 86.4 cm³/mol. The highest BCUT2D eigenvalue weighted by Crippen LogP contribution is 2.10. The van der Waals surface area contributed by atoms with Crippen molar-refractivity contribution in [1.29, 1.82) is 0 Å². The fourth-order valence-corrected chi connectivity index (χ4v) is 2.45. The SMILES string of the molecule is CCCC[C@H](CC)C[NH2+][C@@H](CC(=O)Nc1cccnc1)C(=O)[O-]. The third-order valence-corrected chi connectivity index (χ3v) is 3.95. The Kier molecular flexibility index (Phi) is 8.90. The summed E-state index contributed by atoms with van der Waals surface area (Å²) in [7, 11) is 0. The quantitative estimate of drug-likeness (QED) is 0.613. The number of nitrogens with zero attached hydrogens (tertiary/aromatic N) is 1. The summed E-state index contributed by atoms with van der Waals surface area (Å²) >= 11 is 0. The number of amides is 1. The molecule has 2 atom stereocenters. The molecule has 128 valence electrons. The lowest BCUT2D eigenvalue weighted by Gasteiger charge is -2.20. The van der Waals surface area contributed by atoms with Crippen LogP contribution < -0.4 is 15.7 Å². The Morgan fingerprint density at radius 2 is 2.17 bits per heavy atom. The van der Waals surface area contributed by atoms with Gasteiger partial charge in [-0.25, -0.2) is 0 Å². The zero-order chi connectivity index (χ0) is 17.1. The lowest BCUT2D eigenvalue weighted by Crippen LogP contribution is -2.94. The molecule has 3 N–H and O–H groups in total. The third-order valence-electron chi connectivity index (χ3n) is 3.95. The summed E-state index contributed by atoms with van der Waals surface area (Å²) in [6.07, 6.45) is 7.39. The number of carboxylic acid groups (broad SMARTS) is 1. The molecule has 0 aliphatic heterocycles. The van der Waals surface area contributed by atoms with E-state index in [1.165, 1.54) is 6.20 Å². The second-order valence-electron chi connectivity index (χ2n) is 5.81. The van der Waals surface area contributed by atoms with Gasteiger partial charge in [0.05, 0.1) is 30.8 Å². The Bertz CT molecular complexity index is 479. The van der Waals surface area contributed by atoms with Crippen molar-refractivity contribution in [2.45, 2.75) is 52.0 Å². The van der Waals surface area contributed by atoms with E-state index in [1.54, 1.807) is 23.6 Å². The smallest absolute Gasteiger partial charge is 0.230 e. The van der Waals surface area contributed by atoms with Crippen LogP contribution in [0, 0.1) is 5.92 Å². The van der Waals surface area contributed by atoms with Crippen molar-refractivity contribution in [2.75, 3.05) is 11.9 Å². The standard InChI is InChI=1S/C17H27N3O3/c1-3-5-7-13(4-2)11-19-15(17(22)23)10-16(21)20-14-8-6-9-18-12-14/h6,8-9,12-13,15,19H,3-5,7,10-11H2,1-2H3,(H,20,21)(H,22,23)/t13-,15-/m0/s1. The minimum Gasteiger partial charge on any atom is -0.544 e. The van der Waals surface area contributed by atoms with Gasteiger partial charge in [-0.05, 0) is 25.0 Å². The highest BCUT2D eigenvalue weighted by Gasteiger charge is 2.20. The first-order valence-corrected chi connectivity index (χ1v) is 8.30. The van der Waals surface area contributed by atoms with Crippen LogP contribution >= 0.6 is 0 Å². The number of pyridine rings is 1. The molecule has 1 aromatic rings. The van der Waals surface area contributed by atoms with E-state index in [0.29, 0.717) is 18.2 Å². The number of carbonyl (C=O) groups excluding carboxylic acids is 2. The van der Waals surface area contributed by atoms with Gasteiger partial charge in [-0.2, -0.15) is 0 Å². The van der Waals surface area contributed by atoms with Crippen LogP contribution in [-0.4, -0.2) is 29.4 Å². The normalized spacial score (nSPS) is 13.3. The Hall–Kier alpha value is -1.95. The topological polar surface area (TPSA) is 98.7 Å². The first-order chi connectivity index (χ1) is 11.1. The van der Waals surface area contributed by atoms with Crippen LogP contribution in [0.2, 0.25) is 0 Å². The number of rotatable bonds is 11. The Morgan fingerprint density at radius 3 is 2.74 bits per heavy atom. The molecule has 0 saturated carbocycles. The van der Waals surface area contributed by atoms with Crippen molar-refractivity contribution in [3.05, 3.63) is 24.5 Å². The number of carbonyl (C=O) groups is 2. The van der Waals surface area contributed by atoms with Gasteiger partial charge in [0.25, 0.3) is 0 Å². The molecule has 0 bridgehead atoms. The van der Waals surface area contributed by atoms with E-state index in [9.17, 15) is 14.7 Å². The summed E-state index contributed by atoms with van der Waals surface area (Å²) in [4.78, 5) is 27.1. The van der Waals surface area contributed by atoms with Crippen LogP contribution in [0.3, 0.4) is 0 Å². The molecule has 0 saturated heterocycles. The van der Waals surface area contributed by atoms with Gasteiger partial charge in [-0.15, -0.1) is 0 Å². The van der Waals surface area contributed by atoms with Gasteiger partial charge in [-0.3, -0.25) is 9.78 Å². The molecule has 6 nitrogen and oxygen atoms in total. The number of aromatic nitrogens is 1. The van der Waals surface area contributed by atoms with Crippen molar-refractivity contribution in [3.63, 3.8) is 0 Å².